The van der Waals surface area contributed by atoms with Gasteiger partial charge in [0.2, 0.25) is 0 Å². The summed E-state index contributed by atoms with van der Waals surface area (Å²) in [4.78, 5) is 10.9. The van der Waals surface area contributed by atoms with E-state index in [-0.39, 0.29) is 23.6 Å². The highest BCUT2D eigenvalue weighted by atomic mass is 79.9. The molecule has 0 bridgehead atoms. The molecular formula is C11H8BrFO2. The van der Waals surface area contributed by atoms with Crippen molar-refractivity contribution in [2.75, 3.05) is 0 Å². The Hall–Kier alpha value is -0.900. The topological polar surface area (TPSA) is 37.3 Å². The number of rotatable bonds is 1. The molecule has 0 aromatic heterocycles. The Morgan fingerprint density at radius 2 is 2.27 bits per heavy atom. The first-order valence-corrected chi connectivity index (χ1v) is 5.60. The summed E-state index contributed by atoms with van der Waals surface area (Å²) in [7, 11) is 0. The first kappa shape index (κ1) is 9.33. The van der Waals surface area contributed by atoms with Crippen LogP contribution in [0, 0.1) is 17.7 Å². The average Bonchev–Trinajstić information content (AvgIpc) is 2.75. The van der Waals surface area contributed by atoms with E-state index in [1.807, 2.05) is 0 Å². The minimum atomic E-state index is -0.758. The molecule has 3 atom stereocenters. The minimum Gasteiger partial charge on any atom is -0.481 e. The van der Waals surface area contributed by atoms with Crippen LogP contribution in [0.15, 0.2) is 16.6 Å². The molecule has 1 aromatic carbocycles. The lowest BCUT2D eigenvalue weighted by molar-refractivity contribution is -0.139. The first-order valence-electron chi connectivity index (χ1n) is 4.81. The molecule has 4 heteroatoms. The van der Waals surface area contributed by atoms with Crippen LogP contribution < -0.4 is 0 Å². The molecule has 1 N–H and O–H groups in total. The molecule has 0 saturated heterocycles. The highest BCUT2D eigenvalue weighted by Crippen LogP contribution is 2.63. The van der Waals surface area contributed by atoms with Crippen molar-refractivity contribution in [1.29, 1.82) is 0 Å². The standard InChI is InChI=1S/C11H8BrFO2/c12-6-1-2-7(13)4-3-5-9(8(4)6)10(5)11(14)15/h1-2,5,9-10H,3H2,(H,14,15)/t5-,9+,10+/m0/s1. The van der Waals surface area contributed by atoms with E-state index < -0.39 is 5.97 Å². The van der Waals surface area contributed by atoms with Gasteiger partial charge in [-0.25, -0.2) is 4.39 Å². The fraction of sp³-hybridized carbons (Fsp3) is 0.364. The van der Waals surface area contributed by atoms with Crippen molar-refractivity contribution in [3.05, 3.63) is 33.5 Å². The van der Waals surface area contributed by atoms with Crippen LogP contribution in [0.5, 0.6) is 0 Å². The van der Waals surface area contributed by atoms with E-state index in [4.69, 9.17) is 5.11 Å². The van der Waals surface area contributed by atoms with Crippen LogP contribution in [-0.4, -0.2) is 11.1 Å². The Balaban J connectivity index is 2.09. The molecule has 0 heterocycles. The molecule has 2 nitrogen and oxygen atoms in total. The van der Waals surface area contributed by atoms with Gasteiger partial charge < -0.3 is 5.11 Å². The monoisotopic (exact) mass is 270 g/mol. The molecule has 1 fully saturated rings. The van der Waals surface area contributed by atoms with Crippen molar-refractivity contribution in [2.45, 2.75) is 12.3 Å². The highest BCUT2D eigenvalue weighted by Gasteiger charge is 2.60. The molecule has 0 radical (unpaired) electrons. The first-order chi connectivity index (χ1) is 7.11. The normalized spacial score (nSPS) is 30.9. The van der Waals surface area contributed by atoms with Crippen LogP contribution in [0.3, 0.4) is 0 Å². The van der Waals surface area contributed by atoms with E-state index in [1.165, 1.54) is 6.07 Å². The summed E-state index contributed by atoms with van der Waals surface area (Å²) >= 11 is 3.37. The predicted molar refractivity (Wildman–Crippen MR) is 55.2 cm³/mol. The van der Waals surface area contributed by atoms with E-state index in [0.717, 1.165) is 10.0 Å². The molecular weight excluding hydrogens is 263 g/mol. The summed E-state index contributed by atoms with van der Waals surface area (Å²) in [6.07, 6.45) is 0.572. The summed E-state index contributed by atoms with van der Waals surface area (Å²) in [6, 6.07) is 3.09. The lowest BCUT2D eigenvalue weighted by Gasteiger charge is -2.08. The Morgan fingerprint density at radius 3 is 2.93 bits per heavy atom. The Morgan fingerprint density at radius 1 is 1.53 bits per heavy atom. The quantitative estimate of drug-likeness (QED) is 0.852. The number of halogens is 2. The zero-order valence-electron chi connectivity index (χ0n) is 7.71. The van der Waals surface area contributed by atoms with Crippen LogP contribution in [-0.2, 0) is 11.2 Å². The highest BCUT2D eigenvalue weighted by molar-refractivity contribution is 9.10. The van der Waals surface area contributed by atoms with Crippen LogP contribution in [0.1, 0.15) is 17.0 Å². The van der Waals surface area contributed by atoms with Crippen LogP contribution in [0.25, 0.3) is 0 Å². The number of fused-ring (bicyclic) bond motifs is 3. The SMILES string of the molecule is O=C(O)[C@@H]1[C@H]2Cc3c(F)ccc(Br)c3[C@@H]21. The minimum absolute atomic E-state index is 0.0302. The van der Waals surface area contributed by atoms with Crippen LogP contribution in [0.4, 0.5) is 4.39 Å². The maximum absolute atomic E-state index is 13.4. The molecule has 1 saturated carbocycles. The summed E-state index contributed by atoms with van der Waals surface area (Å²) in [6.45, 7) is 0. The van der Waals surface area contributed by atoms with E-state index in [1.54, 1.807) is 6.07 Å². The van der Waals surface area contributed by atoms with Gasteiger partial charge in [-0.3, -0.25) is 4.79 Å². The Kier molecular flexibility index (Phi) is 1.75. The maximum atomic E-state index is 13.4. The van der Waals surface area contributed by atoms with Crippen molar-refractivity contribution < 1.29 is 14.3 Å². The Labute approximate surface area is 94.2 Å². The number of hydrogen-bond acceptors (Lipinski definition) is 1. The lowest BCUT2D eigenvalue weighted by atomic mass is 10.0. The molecule has 78 valence electrons. The third kappa shape index (κ3) is 1.11. The molecule has 0 spiro atoms. The van der Waals surface area contributed by atoms with Crippen LogP contribution >= 0.6 is 15.9 Å². The van der Waals surface area contributed by atoms with Crippen molar-refractivity contribution in [2.24, 2.45) is 11.8 Å². The third-order valence-electron chi connectivity index (χ3n) is 3.47. The van der Waals surface area contributed by atoms with Gasteiger partial charge >= 0.3 is 5.97 Å². The van der Waals surface area contributed by atoms with E-state index >= 15 is 0 Å². The van der Waals surface area contributed by atoms with Crippen molar-refractivity contribution in [1.82, 2.24) is 0 Å². The number of hydrogen-bond donors (Lipinski definition) is 1. The van der Waals surface area contributed by atoms with Gasteiger partial charge in [-0.05, 0) is 35.6 Å². The summed E-state index contributed by atoms with van der Waals surface area (Å²) < 4.78 is 14.3. The van der Waals surface area contributed by atoms with Gasteiger partial charge in [-0.15, -0.1) is 0 Å². The smallest absolute Gasteiger partial charge is 0.307 e. The number of benzene rings is 1. The fourth-order valence-electron chi connectivity index (χ4n) is 2.77. The van der Waals surface area contributed by atoms with E-state index in [2.05, 4.69) is 15.9 Å². The van der Waals surface area contributed by atoms with Crippen molar-refractivity contribution in [3.8, 4) is 0 Å². The lowest BCUT2D eigenvalue weighted by Crippen LogP contribution is -2.06. The summed E-state index contributed by atoms with van der Waals surface area (Å²) in [5.41, 5.74) is 1.59. The molecule has 15 heavy (non-hydrogen) atoms. The zero-order chi connectivity index (χ0) is 10.7. The van der Waals surface area contributed by atoms with Crippen LogP contribution in [0.2, 0.25) is 0 Å². The van der Waals surface area contributed by atoms with E-state index in [0.29, 0.717) is 12.0 Å². The van der Waals surface area contributed by atoms with E-state index in [9.17, 15) is 9.18 Å². The molecule has 0 unspecified atom stereocenters. The molecule has 0 amide bonds. The van der Waals surface area contributed by atoms with Gasteiger partial charge in [-0.1, -0.05) is 15.9 Å². The number of carbonyl (C=O) groups is 1. The number of aliphatic carboxylic acids is 1. The van der Waals surface area contributed by atoms with Gasteiger partial charge in [-0.2, -0.15) is 0 Å². The molecule has 3 rings (SSSR count). The fourth-order valence-corrected chi connectivity index (χ4v) is 3.41. The van der Waals surface area contributed by atoms with Gasteiger partial charge in [0.1, 0.15) is 5.82 Å². The molecule has 2 aliphatic rings. The Bertz CT molecular complexity index is 472. The zero-order valence-corrected chi connectivity index (χ0v) is 9.29. The summed E-state index contributed by atoms with van der Waals surface area (Å²) in [5, 5.41) is 8.94. The molecule has 2 aliphatic carbocycles. The average molecular weight is 271 g/mol. The second kappa shape index (κ2) is 2.82. The second-order valence-corrected chi connectivity index (χ2v) is 5.03. The van der Waals surface area contributed by atoms with Crippen molar-refractivity contribution in [3.63, 3.8) is 0 Å². The number of carboxylic acid groups (broad SMARTS) is 1. The maximum Gasteiger partial charge on any atom is 0.307 e. The largest absolute Gasteiger partial charge is 0.481 e. The molecule has 1 aromatic rings. The summed E-state index contributed by atoms with van der Waals surface area (Å²) in [5.74, 6) is -1.11. The van der Waals surface area contributed by atoms with Gasteiger partial charge in [0.05, 0.1) is 5.92 Å². The third-order valence-corrected chi connectivity index (χ3v) is 4.17. The van der Waals surface area contributed by atoms with Gasteiger partial charge in [0.15, 0.2) is 0 Å². The predicted octanol–water partition coefficient (Wildman–Crippen LogP) is 2.56. The molecule has 0 aliphatic heterocycles. The second-order valence-electron chi connectivity index (χ2n) is 4.18. The van der Waals surface area contributed by atoms with Crippen molar-refractivity contribution >= 4 is 21.9 Å². The van der Waals surface area contributed by atoms with Gasteiger partial charge in [0.25, 0.3) is 0 Å². The number of carboxylic acids is 1. The van der Waals surface area contributed by atoms with Gasteiger partial charge in [0, 0.05) is 10.4 Å².